The average Bonchev–Trinajstić information content (AvgIpc) is 3.03. The lowest BCUT2D eigenvalue weighted by Crippen LogP contribution is -2.36. The number of hydrogen-bond acceptors (Lipinski definition) is 4. The largest absolute Gasteiger partial charge is 0.379 e. The van der Waals surface area contributed by atoms with Gasteiger partial charge in [-0.3, -0.25) is 0 Å². The highest BCUT2D eigenvalue weighted by atomic mass is 16.6. The quantitative estimate of drug-likeness (QED) is 0.0215. The molecule has 0 heterocycles. The van der Waals surface area contributed by atoms with E-state index in [2.05, 4.69) is 52.6 Å². The van der Waals surface area contributed by atoms with E-state index in [0.717, 1.165) is 60.6 Å². The van der Waals surface area contributed by atoms with Crippen molar-refractivity contribution in [2.75, 3.05) is 40.8 Å². The van der Waals surface area contributed by atoms with Gasteiger partial charge in [-0.25, -0.2) is 5.48 Å². The SMILES string of the molecule is CCCCCCC1CCC(CCCCCCCCONCCC[N+](C)(C)C)C(/C=C\CCCCCCCC(N)O)C1CCCCCC. The summed E-state index contributed by atoms with van der Waals surface area (Å²) in [5.41, 5.74) is 8.65. The smallest absolute Gasteiger partial charge is 0.102 e. The van der Waals surface area contributed by atoms with Crippen LogP contribution in [0.15, 0.2) is 12.2 Å². The molecule has 0 aromatic rings. The normalized spacial score (nSPS) is 21.2. The lowest BCUT2D eigenvalue weighted by atomic mass is 9.62. The van der Waals surface area contributed by atoms with Gasteiger partial charge in [0.1, 0.15) is 6.23 Å². The Hall–Kier alpha value is -0.460. The number of aliphatic hydroxyl groups is 1. The number of unbranched alkanes of at least 4 members (excludes halogenated alkanes) is 16. The van der Waals surface area contributed by atoms with Gasteiger partial charge in [0.05, 0.1) is 34.3 Å². The standard InChI is InChI=1S/C42H86N3O2/c1-6-8-10-21-28-38-33-34-39(29-22-17-15-16-20-26-37-47-44-35-27-36-45(3,4)5)41(40(38)30-23-11-9-7-2)31-24-18-13-12-14-19-25-32-42(43)46/h24,31,38-42,44,46H,6-23,25-30,32-37,43H2,1-5H3/q+1/b31-24-. The number of rotatable bonds is 33. The third-order valence-corrected chi connectivity index (χ3v) is 10.9. The number of hydroxylamine groups is 1. The van der Waals surface area contributed by atoms with E-state index < -0.39 is 6.23 Å². The molecule has 1 aliphatic rings. The second-order valence-electron chi connectivity index (χ2n) is 16.4. The first-order chi connectivity index (χ1) is 22.8. The minimum atomic E-state index is -0.632. The molecule has 0 amide bonds. The zero-order valence-corrected chi connectivity index (χ0v) is 32.6. The molecule has 1 aliphatic carbocycles. The molecule has 47 heavy (non-hydrogen) atoms. The zero-order valence-electron chi connectivity index (χ0n) is 32.6. The minimum Gasteiger partial charge on any atom is -0.379 e. The number of aliphatic hydroxyl groups excluding tert-OH is 1. The average molecular weight is 665 g/mol. The Morgan fingerprint density at radius 3 is 1.91 bits per heavy atom. The van der Waals surface area contributed by atoms with Crippen LogP contribution in [0.4, 0.5) is 0 Å². The van der Waals surface area contributed by atoms with Crippen molar-refractivity contribution in [3.05, 3.63) is 12.2 Å². The van der Waals surface area contributed by atoms with Crippen molar-refractivity contribution in [3.8, 4) is 0 Å². The molecular weight excluding hydrogens is 578 g/mol. The molecule has 0 spiro atoms. The molecule has 5 atom stereocenters. The predicted molar refractivity (Wildman–Crippen MR) is 206 cm³/mol. The highest BCUT2D eigenvalue weighted by Gasteiger charge is 2.36. The van der Waals surface area contributed by atoms with Crippen LogP contribution in [0.25, 0.3) is 0 Å². The number of nitrogens with zero attached hydrogens (tertiary/aromatic N) is 1. The first-order valence-electron chi connectivity index (χ1n) is 21.0. The van der Waals surface area contributed by atoms with Crippen LogP contribution < -0.4 is 11.2 Å². The van der Waals surface area contributed by atoms with Crippen LogP contribution in [0.1, 0.15) is 187 Å². The molecular formula is C42H86N3O2+. The monoisotopic (exact) mass is 665 g/mol. The zero-order chi connectivity index (χ0) is 34.4. The minimum absolute atomic E-state index is 0.632. The molecule has 0 bridgehead atoms. The maximum Gasteiger partial charge on any atom is 0.102 e. The van der Waals surface area contributed by atoms with E-state index in [1.807, 2.05) is 0 Å². The van der Waals surface area contributed by atoms with Crippen LogP contribution in [-0.4, -0.2) is 56.7 Å². The lowest BCUT2D eigenvalue weighted by Gasteiger charge is -2.43. The first kappa shape index (κ1) is 44.6. The Labute approximate surface area is 295 Å². The number of nitrogens with two attached hydrogens (primary N) is 1. The summed E-state index contributed by atoms with van der Waals surface area (Å²) in [6.45, 7) is 7.67. The molecule has 5 heteroatoms. The molecule has 0 saturated heterocycles. The molecule has 0 aliphatic heterocycles. The van der Waals surface area contributed by atoms with Gasteiger partial charge in [0, 0.05) is 13.0 Å². The van der Waals surface area contributed by atoms with Crippen LogP contribution in [0.3, 0.4) is 0 Å². The van der Waals surface area contributed by atoms with Gasteiger partial charge in [-0.1, -0.05) is 135 Å². The topological polar surface area (TPSA) is 67.5 Å². The van der Waals surface area contributed by atoms with Gasteiger partial charge in [0.25, 0.3) is 0 Å². The molecule has 0 aromatic heterocycles. The van der Waals surface area contributed by atoms with Crippen LogP contribution >= 0.6 is 0 Å². The highest BCUT2D eigenvalue weighted by molar-refractivity contribution is 4.99. The fraction of sp³-hybridized carbons (Fsp3) is 0.952. The molecule has 1 rings (SSSR count). The highest BCUT2D eigenvalue weighted by Crippen LogP contribution is 2.46. The van der Waals surface area contributed by atoms with E-state index in [4.69, 9.17) is 10.6 Å². The molecule has 5 nitrogen and oxygen atoms in total. The van der Waals surface area contributed by atoms with Crippen LogP contribution in [-0.2, 0) is 4.84 Å². The maximum absolute atomic E-state index is 9.29. The van der Waals surface area contributed by atoms with Crippen molar-refractivity contribution >= 4 is 0 Å². The third-order valence-electron chi connectivity index (χ3n) is 10.9. The molecule has 280 valence electrons. The summed E-state index contributed by atoms with van der Waals surface area (Å²) in [4.78, 5) is 5.66. The summed E-state index contributed by atoms with van der Waals surface area (Å²) in [6.07, 6.45) is 40.6. The Morgan fingerprint density at radius 2 is 1.26 bits per heavy atom. The molecule has 0 radical (unpaired) electrons. The van der Waals surface area contributed by atoms with E-state index >= 15 is 0 Å². The summed E-state index contributed by atoms with van der Waals surface area (Å²) in [6, 6.07) is 0. The molecule has 0 aromatic carbocycles. The van der Waals surface area contributed by atoms with Crippen molar-refractivity contribution in [1.29, 1.82) is 0 Å². The second-order valence-corrected chi connectivity index (χ2v) is 16.4. The van der Waals surface area contributed by atoms with Crippen molar-refractivity contribution in [2.24, 2.45) is 29.4 Å². The van der Waals surface area contributed by atoms with Crippen molar-refractivity contribution in [3.63, 3.8) is 0 Å². The molecule has 1 saturated carbocycles. The fourth-order valence-corrected chi connectivity index (χ4v) is 8.02. The lowest BCUT2D eigenvalue weighted by molar-refractivity contribution is -0.870. The Bertz CT molecular complexity index is 692. The Kier molecular flexibility index (Phi) is 28.8. The molecule has 5 unspecified atom stereocenters. The van der Waals surface area contributed by atoms with E-state index in [9.17, 15) is 5.11 Å². The van der Waals surface area contributed by atoms with Crippen molar-refractivity contribution in [1.82, 2.24) is 5.48 Å². The predicted octanol–water partition coefficient (Wildman–Crippen LogP) is 11.1. The van der Waals surface area contributed by atoms with E-state index in [0.29, 0.717) is 0 Å². The molecule has 1 fully saturated rings. The van der Waals surface area contributed by atoms with Crippen molar-refractivity contribution in [2.45, 2.75) is 193 Å². The van der Waals surface area contributed by atoms with Gasteiger partial charge < -0.3 is 20.2 Å². The first-order valence-corrected chi connectivity index (χ1v) is 21.0. The van der Waals surface area contributed by atoms with E-state index in [1.54, 1.807) is 0 Å². The van der Waals surface area contributed by atoms with Crippen LogP contribution in [0.2, 0.25) is 0 Å². The Balaban J connectivity index is 2.54. The maximum atomic E-state index is 9.29. The van der Waals surface area contributed by atoms with Gasteiger partial charge in [-0.15, -0.1) is 0 Å². The number of hydrogen-bond donors (Lipinski definition) is 3. The number of quaternary nitrogens is 1. The second kappa shape index (κ2) is 30.4. The van der Waals surface area contributed by atoms with Gasteiger partial charge in [-0.05, 0) is 81.5 Å². The summed E-state index contributed by atoms with van der Waals surface area (Å²) in [7, 11) is 6.73. The fourth-order valence-electron chi connectivity index (χ4n) is 8.02. The van der Waals surface area contributed by atoms with Gasteiger partial charge >= 0.3 is 0 Å². The van der Waals surface area contributed by atoms with Gasteiger partial charge in [-0.2, -0.15) is 0 Å². The van der Waals surface area contributed by atoms with E-state index in [-0.39, 0.29) is 0 Å². The van der Waals surface area contributed by atoms with Gasteiger partial charge in [0.2, 0.25) is 0 Å². The molecule has 4 N–H and O–H groups in total. The summed E-state index contributed by atoms with van der Waals surface area (Å²) >= 11 is 0. The summed E-state index contributed by atoms with van der Waals surface area (Å²) in [5.74, 6) is 3.56. The summed E-state index contributed by atoms with van der Waals surface area (Å²) < 4.78 is 1.02. The van der Waals surface area contributed by atoms with Crippen molar-refractivity contribution < 1.29 is 14.4 Å². The van der Waals surface area contributed by atoms with E-state index in [1.165, 1.54) is 161 Å². The Morgan fingerprint density at radius 1 is 0.702 bits per heavy atom. The summed E-state index contributed by atoms with van der Waals surface area (Å²) in [5, 5.41) is 9.29. The van der Waals surface area contributed by atoms with Crippen LogP contribution in [0.5, 0.6) is 0 Å². The number of nitrogens with one attached hydrogen (secondary N) is 1. The van der Waals surface area contributed by atoms with Crippen LogP contribution in [0, 0.1) is 23.7 Å². The van der Waals surface area contributed by atoms with Gasteiger partial charge in [0.15, 0.2) is 0 Å². The third kappa shape index (κ3) is 26.1. The number of allylic oxidation sites excluding steroid dienone is 2.